The number of hydrogen-bond donors (Lipinski definition) is 1. The lowest BCUT2D eigenvalue weighted by atomic mass is 9.66. The van der Waals surface area contributed by atoms with Crippen LogP contribution in [0.5, 0.6) is 0 Å². The molecule has 4 heterocycles. The van der Waals surface area contributed by atoms with Crippen LogP contribution in [-0.4, -0.2) is 130 Å². The third-order valence-electron chi connectivity index (χ3n) is 9.26. The number of aliphatic hydroxyl groups excluding tert-OH is 1. The smallest absolute Gasteiger partial charge is 0.247 e. The Hall–Kier alpha value is -1.88. The van der Waals surface area contributed by atoms with E-state index < -0.39 is 33.4 Å². The van der Waals surface area contributed by atoms with Crippen molar-refractivity contribution in [2.75, 3.05) is 66.1 Å². The highest BCUT2D eigenvalue weighted by molar-refractivity contribution is 8.02. The van der Waals surface area contributed by atoms with E-state index in [0.29, 0.717) is 45.8 Å². The molecule has 4 aliphatic rings. The molecule has 4 aliphatic heterocycles. The topological polar surface area (TPSA) is 93.6 Å². The van der Waals surface area contributed by atoms with Crippen LogP contribution >= 0.6 is 11.8 Å². The van der Waals surface area contributed by atoms with Gasteiger partial charge in [-0.25, -0.2) is 0 Å². The Morgan fingerprint density at radius 2 is 1.85 bits per heavy atom. The van der Waals surface area contributed by atoms with Crippen LogP contribution in [-0.2, 0) is 19.1 Å². The molecule has 4 fully saturated rings. The van der Waals surface area contributed by atoms with Crippen molar-refractivity contribution in [2.24, 2.45) is 17.8 Å². The summed E-state index contributed by atoms with van der Waals surface area (Å²) in [6.45, 7) is 18.5. The molecule has 10 heteroatoms. The average Bonchev–Trinajstić information content (AvgIpc) is 3.48. The van der Waals surface area contributed by atoms with E-state index in [0.717, 1.165) is 19.5 Å². The van der Waals surface area contributed by atoms with Crippen LogP contribution in [0.1, 0.15) is 33.6 Å². The van der Waals surface area contributed by atoms with Crippen molar-refractivity contribution in [3.63, 3.8) is 0 Å². The van der Waals surface area contributed by atoms with E-state index in [1.165, 1.54) is 0 Å². The van der Waals surface area contributed by atoms with Crippen molar-refractivity contribution < 1.29 is 24.2 Å². The predicted molar refractivity (Wildman–Crippen MR) is 153 cm³/mol. The van der Waals surface area contributed by atoms with Gasteiger partial charge >= 0.3 is 0 Å². The highest BCUT2D eigenvalue weighted by atomic mass is 32.2. The van der Waals surface area contributed by atoms with Crippen LogP contribution in [0.15, 0.2) is 25.3 Å². The Bertz CT molecular complexity index is 971. The second-order valence-corrected chi connectivity index (χ2v) is 13.9. The van der Waals surface area contributed by atoms with Crippen LogP contribution < -0.4 is 0 Å². The normalized spacial score (nSPS) is 32.8. The Labute approximate surface area is 237 Å². The number of morpholine rings is 1. The van der Waals surface area contributed by atoms with Crippen LogP contribution in [0.4, 0.5) is 0 Å². The van der Waals surface area contributed by atoms with E-state index in [2.05, 4.69) is 25.0 Å². The third kappa shape index (κ3) is 5.18. The maximum Gasteiger partial charge on any atom is 0.247 e. The highest BCUT2D eigenvalue weighted by Gasteiger charge is 2.78. The number of carbonyl (C=O) groups excluding carboxylic acids is 3. The van der Waals surface area contributed by atoms with Crippen LogP contribution in [0.3, 0.4) is 0 Å². The first-order valence-electron chi connectivity index (χ1n) is 14.2. The Morgan fingerprint density at radius 1 is 1.18 bits per heavy atom. The summed E-state index contributed by atoms with van der Waals surface area (Å²) in [5.41, 5.74) is 0. The van der Waals surface area contributed by atoms with Crippen molar-refractivity contribution in [2.45, 2.75) is 55.2 Å². The zero-order valence-electron chi connectivity index (χ0n) is 24.0. The number of rotatable bonds is 12. The third-order valence-corrected chi connectivity index (χ3v) is 11.2. The van der Waals surface area contributed by atoms with Gasteiger partial charge in [-0.1, -0.05) is 26.0 Å². The minimum Gasteiger partial charge on any atom is -0.394 e. The summed E-state index contributed by atoms with van der Waals surface area (Å²) in [5, 5.41) is 10.5. The second kappa shape index (κ2) is 11.9. The molecule has 0 aliphatic carbocycles. The molecule has 4 saturated heterocycles. The minimum absolute atomic E-state index is 0.0546. The van der Waals surface area contributed by atoms with E-state index in [1.54, 1.807) is 40.8 Å². The summed E-state index contributed by atoms with van der Waals surface area (Å²) in [6, 6.07) is -1.25. The van der Waals surface area contributed by atoms with Gasteiger partial charge in [-0.3, -0.25) is 19.3 Å². The van der Waals surface area contributed by atoms with E-state index in [-0.39, 0.29) is 30.2 Å². The highest BCUT2D eigenvalue weighted by Crippen LogP contribution is 2.72. The molecule has 1 N–H and O–H groups in total. The quantitative estimate of drug-likeness (QED) is 0.360. The minimum atomic E-state index is -0.742. The number of likely N-dealkylation sites (tertiary alicyclic amines) is 1. The van der Waals surface area contributed by atoms with Gasteiger partial charge in [0.05, 0.1) is 42.4 Å². The van der Waals surface area contributed by atoms with E-state index >= 15 is 0 Å². The maximum atomic E-state index is 14.6. The standard InChI is InChI=1S/C29H46N4O5S/c1-7-11-30(6)25(35)22-23-26(36)33(21(19-34)20(3)4)24(29(23)10-9-28(22,5)39-29)27(37)32(12-8-2)14-13-31-15-17-38-18-16-31/h7-8,20-24,34H,1-2,9-19H2,3-6H3/t21-,22-,23-,24?,28+,29?/m0/s1. The van der Waals surface area contributed by atoms with Crippen molar-refractivity contribution in [1.82, 2.24) is 19.6 Å². The lowest BCUT2D eigenvalue weighted by Crippen LogP contribution is -2.59. The van der Waals surface area contributed by atoms with E-state index in [9.17, 15) is 19.5 Å². The predicted octanol–water partition coefficient (Wildman–Crippen LogP) is 1.48. The molecule has 218 valence electrons. The number of amides is 3. The van der Waals surface area contributed by atoms with Crippen LogP contribution in [0.2, 0.25) is 0 Å². The van der Waals surface area contributed by atoms with E-state index in [1.807, 2.05) is 18.7 Å². The first-order valence-corrected chi connectivity index (χ1v) is 15.1. The Kier molecular flexibility index (Phi) is 9.20. The van der Waals surface area contributed by atoms with Crippen molar-refractivity contribution in [3.8, 4) is 0 Å². The van der Waals surface area contributed by atoms with Crippen LogP contribution in [0, 0.1) is 17.8 Å². The molecule has 4 rings (SSSR count). The van der Waals surface area contributed by atoms with Gasteiger partial charge in [0, 0.05) is 51.1 Å². The zero-order chi connectivity index (χ0) is 28.5. The number of thioether (sulfide) groups is 1. The molecule has 0 aromatic heterocycles. The molecule has 1 spiro atoms. The molecule has 3 amide bonds. The molecular formula is C29H46N4O5S. The summed E-state index contributed by atoms with van der Waals surface area (Å²) in [7, 11) is 1.75. The van der Waals surface area contributed by atoms with Gasteiger partial charge in [0.15, 0.2) is 0 Å². The number of likely N-dealkylation sites (N-methyl/N-ethyl adjacent to an activating group) is 1. The van der Waals surface area contributed by atoms with Gasteiger partial charge in [-0.05, 0) is 25.7 Å². The van der Waals surface area contributed by atoms with Crippen molar-refractivity contribution in [3.05, 3.63) is 25.3 Å². The van der Waals surface area contributed by atoms with Crippen molar-refractivity contribution in [1.29, 1.82) is 0 Å². The largest absolute Gasteiger partial charge is 0.394 e. The summed E-state index contributed by atoms with van der Waals surface area (Å²) >= 11 is 1.67. The fourth-order valence-corrected chi connectivity index (χ4v) is 9.55. The number of aliphatic hydroxyl groups is 1. The SMILES string of the molecule is C=CCN(C)C(=O)[C@@H]1[C@H]2C(=O)N([C@@H](CO)C(C)C)C(C(=O)N(CC=C)CCN3CCOCC3)C23CC[C@@]1(C)S3. The summed E-state index contributed by atoms with van der Waals surface area (Å²) in [6.07, 6.45) is 4.87. The molecule has 0 aromatic carbocycles. The lowest BCUT2D eigenvalue weighted by Gasteiger charge is -2.41. The average molecular weight is 563 g/mol. The van der Waals surface area contributed by atoms with Gasteiger partial charge < -0.3 is 24.5 Å². The monoisotopic (exact) mass is 562 g/mol. The number of hydrogen-bond acceptors (Lipinski definition) is 7. The second-order valence-electron chi connectivity index (χ2n) is 12.0. The lowest BCUT2D eigenvalue weighted by molar-refractivity contribution is -0.148. The van der Waals surface area contributed by atoms with Gasteiger partial charge in [-0.15, -0.1) is 24.9 Å². The number of ether oxygens (including phenoxy) is 1. The molecular weight excluding hydrogens is 516 g/mol. The Morgan fingerprint density at radius 3 is 2.44 bits per heavy atom. The van der Waals surface area contributed by atoms with E-state index in [4.69, 9.17) is 4.74 Å². The zero-order valence-corrected chi connectivity index (χ0v) is 24.8. The fraction of sp³-hybridized carbons (Fsp3) is 0.759. The number of nitrogens with zero attached hydrogens (tertiary/aromatic N) is 4. The molecule has 2 bridgehead atoms. The molecule has 2 unspecified atom stereocenters. The number of carbonyl (C=O) groups is 3. The summed E-state index contributed by atoms with van der Waals surface area (Å²) < 4.78 is 4.34. The summed E-state index contributed by atoms with van der Waals surface area (Å²) in [4.78, 5) is 50.2. The van der Waals surface area contributed by atoms with Gasteiger partial charge in [0.2, 0.25) is 17.7 Å². The first kappa shape index (κ1) is 30.1. The van der Waals surface area contributed by atoms with Crippen molar-refractivity contribution >= 4 is 29.5 Å². The van der Waals surface area contributed by atoms with Gasteiger partial charge in [0.1, 0.15) is 6.04 Å². The molecule has 9 nitrogen and oxygen atoms in total. The molecule has 6 atom stereocenters. The van der Waals surface area contributed by atoms with Gasteiger partial charge in [-0.2, -0.15) is 0 Å². The summed E-state index contributed by atoms with van der Waals surface area (Å²) in [5.74, 6) is -1.54. The molecule has 0 radical (unpaired) electrons. The molecule has 39 heavy (non-hydrogen) atoms. The fourth-order valence-electron chi connectivity index (χ4n) is 7.22. The Balaban J connectivity index is 1.73. The number of fused-ring (bicyclic) bond motifs is 1. The molecule has 0 aromatic rings. The maximum absolute atomic E-state index is 14.6. The van der Waals surface area contributed by atoms with Crippen LogP contribution in [0.25, 0.3) is 0 Å². The van der Waals surface area contributed by atoms with Gasteiger partial charge in [0.25, 0.3) is 0 Å². The first-order chi connectivity index (χ1) is 18.6. The molecule has 0 saturated carbocycles.